The number of hydrogen-bond acceptors (Lipinski definition) is 3. The van der Waals surface area contributed by atoms with Gasteiger partial charge in [0.2, 0.25) is 0 Å². The fourth-order valence-corrected chi connectivity index (χ4v) is 4.77. The van der Waals surface area contributed by atoms with Crippen LogP contribution in [0.3, 0.4) is 0 Å². The monoisotopic (exact) mass is 377 g/mol. The standard InChI is InChI=1S/C22H19NO3S/c1-16-11-13-18(14-12-16)27(24,25)23-20-9-5-3-7-17(20)15-21(23)19-8-4-6-10-22(19)26-2/h3-15H,1-2H3. The van der Waals surface area contributed by atoms with Gasteiger partial charge in [-0.15, -0.1) is 0 Å². The van der Waals surface area contributed by atoms with Crippen LogP contribution in [0.4, 0.5) is 0 Å². The minimum Gasteiger partial charge on any atom is -0.496 e. The van der Waals surface area contributed by atoms with Crippen LogP contribution in [0.2, 0.25) is 0 Å². The van der Waals surface area contributed by atoms with Crippen molar-refractivity contribution in [1.82, 2.24) is 3.97 Å². The van der Waals surface area contributed by atoms with Crippen molar-refractivity contribution in [1.29, 1.82) is 0 Å². The number of fused-ring (bicyclic) bond motifs is 1. The first-order valence-electron chi connectivity index (χ1n) is 8.58. The molecule has 0 aliphatic rings. The van der Waals surface area contributed by atoms with Gasteiger partial charge in [0.25, 0.3) is 10.0 Å². The van der Waals surface area contributed by atoms with Gasteiger partial charge in [-0.3, -0.25) is 0 Å². The molecule has 0 aliphatic carbocycles. The van der Waals surface area contributed by atoms with Crippen molar-refractivity contribution >= 4 is 20.9 Å². The minimum absolute atomic E-state index is 0.255. The number of rotatable bonds is 4. The van der Waals surface area contributed by atoms with E-state index in [4.69, 9.17) is 4.74 Å². The zero-order valence-corrected chi connectivity index (χ0v) is 15.9. The van der Waals surface area contributed by atoms with Crippen LogP contribution in [-0.4, -0.2) is 19.5 Å². The van der Waals surface area contributed by atoms with Gasteiger partial charge < -0.3 is 4.74 Å². The lowest BCUT2D eigenvalue weighted by molar-refractivity contribution is 0.416. The maximum atomic E-state index is 13.5. The van der Waals surface area contributed by atoms with E-state index >= 15 is 0 Å². The Bertz CT molecular complexity index is 1220. The molecular weight excluding hydrogens is 358 g/mol. The zero-order chi connectivity index (χ0) is 19.0. The molecule has 5 heteroatoms. The maximum absolute atomic E-state index is 13.5. The van der Waals surface area contributed by atoms with Crippen molar-refractivity contribution in [2.45, 2.75) is 11.8 Å². The number of aromatic nitrogens is 1. The molecule has 1 aromatic heterocycles. The number of para-hydroxylation sites is 2. The second-order valence-corrected chi connectivity index (χ2v) is 8.16. The normalized spacial score (nSPS) is 11.6. The number of nitrogens with zero attached hydrogens (tertiary/aromatic N) is 1. The molecule has 4 rings (SSSR count). The summed E-state index contributed by atoms with van der Waals surface area (Å²) < 4.78 is 34.0. The molecule has 3 aromatic carbocycles. The van der Waals surface area contributed by atoms with E-state index < -0.39 is 10.0 Å². The van der Waals surface area contributed by atoms with Gasteiger partial charge >= 0.3 is 0 Å². The van der Waals surface area contributed by atoms with Crippen LogP contribution in [0.15, 0.2) is 83.8 Å². The summed E-state index contributed by atoms with van der Waals surface area (Å²) in [5.74, 6) is 0.626. The summed E-state index contributed by atoms with van der Waals surface area (Å²) in [4.78, 5) is 0.255. The lowest BCUT2D eigenvalue weighted by Crippen LogP contribution is -2.14. The predicted molar refractivity (Wildman–Crippen MR) is 108 cm³/mol. The Morgan fingerprint density at radius 3 is 2.26 bits per heavy atom. The number of benzene rings is 3. The summed E-state index contributed by atoms with van der Waals surface area (Å²) in [6.07, 6.45) is 0. The average molecular weight is 377 g/mol. The van der Waals surface area contributed by atoms with E-state index in [0.717, 1.165) is 16.5 Å². The van der Waals surface area contributed by atoms with Crippen LogP contribution < -0.4 is 4.74 Å². The molecular formula is C22H19NO3S. The maximum Gasteiger partial charge on any atom is 0.268 e. The quantitative estimate of drug-likeness (QED) is 0.510. The molecule has 0 amide bonds. The van der Waals surface area contributed by atoms with E-state index in [2.05, 4.69) is 0 Å². The van der Waals surface area contributed by atoms with Gasteiger partial charge in [-0.25, -0.2) is 12.4 Å². The highest BCUT2D eigenvalue weighted by molar-refractivity contribution is 7.90. The smallest absolute Gasteiger partial charge is 0.268 e. The van der Waals surface area contributed by atoms with Crippen molar-refractivity contribution in [3.8, 4) is 17.0 Å². The van der Waals surface area contributed by atoms with Crippen LogP contribution in [0, 0.1) is 6.92 Å². The molecule has 0 spiro atoms. The van der Waals surface area contributed by atoms with Gasteiger partial charge in [0.05, 0.1) is 23.2 Å². The molecule has 0 radical (unpaired) electrons. The summed E-state index contributed by atoms with van der Waals surface area (Å²) in [5, 5.41) is 0.856. The van der Waals surface area contributed by atoms with E-state index in [-0.39, 0.29) is 4.90 Å². The zero-order valence-electron chi connectivity index (χ0n) is 15.1. The molecule has 4 aromatic rings. The fraction of sp³-hybridized carbons (Fsp3) is 0.0909. The van der Waals surface area contributed by atoms with Crippen molar-refractivity contribution in [2.24, 2.45) is 0 Å². The Balaban J connectivity index is 2.06. The number of aryl methyl sites for hydroxylation is 1. The summed E-state index contributed by atoms with van der Waals surface area (Å²) >= 11 is 0. The summed E-state index contributed by atoms with van der Waals surface area (Å²) in [6.45, 7) is 1.93. The second-order valence-electron chi connectivity index (χ2n) is 6.37. The third-order valence-corrected chi connectivity index (χ3v) is 6.35. The molecule has 27 heavy (non-hydrogen) atoms. The number of methoxy groups -OCH3 is 1. The summed E-state index contributed by atoms with van der Waals surface area (Å²) in [7, 11) is -2.20. The first kappa shape index (κ1) is 17.4. The Morgan fingerprint density at radius 2 is 1.52 bits per heavy atom. The third-order valence-electron chi connectivity index (χ3n) is 4.61. The van der Waals surface area contributed by atoms with Crippen molar-refractivity contribution < 1.29 is 13.2 Å². The molecule has 0 atom stereocenters. The topological polar surface area (TPSA) is 48.3 Å². The van der Waals surface area contributed by atoms with Crippen molar-refractivity contribution in [2.75, 3.05) is 7.11 Å². The largest absolute Gasteiger partial charge is 0.496 e. The summed E-state index contributed by atoms with van der Waals surface area (Å²) in [5.41, 5.74) is 2.95. The first-order chi connectivity index (χ1) is 13.0. The molecule has 136 valence electrons. The van der Waals surface area contributed by atoms with Crippen molar-refractivity contribution in [3.05, 3.63) is 84.4 Å². The van der Waals surface area contributed by atoms with Crippen LogP contribution in [0.5, 0.6) is 5.75 Å². The first-order valence-corrected chi connectivity index (χ1v) is 10.0. The average Bonchev–Trinajstić information content (AvgIpc) is 3.08. The summed E-state index contributed by atoms with van der Waals surface area (Å²) in [6, 6.07) is 23.7. The highest BCUT2D eigenvalue weighted by Gasteiger charge is 2.24. The van der Waals surface area contributed by atoms with Gasteiger partial charge in [-0.05, 0) is 43.3 Å². The number of ether oxygens (including phenoxy) is 1. The fourth-order valence-electron chi connectivity index (χ4n) is 3.25. The van der Waals surface area contributed by atoms with Gasteiger partial charge in [-0.1, -0.05) is 48.0 Å². The minimum atomic E-state index is -3.78. The highest BCUT2D eigenvalue weighted by Crippen LogP contribution is 2.36. The van der Waals surface area contributed by atoms with Gasteiger partial charge in [-0.2, -0.15) is 0 Å². The molecule has 0 fully saturated rings. The Labute approximate surface area is 158 Å². The van der Waals surface area contributed by atoms with Gasteiger partial charge in [0.15, 0.2) is 0 Å². The van der Waals surface area contributed by atoms with Crippen LogP contribution in [0.1, 0.15) is 5.56 Å². The van der Waals surface area contributed by atoms with E-state index in [0.29, 0.717) is 17.0 Å². The molecule has 0 bridgehead atoms. The van der Waals surface area contributed by atoms with Crippen LogP contribution >= 0.6 is 0 Å². The van der Waals surface area contributed by atoms with Gasteiger partial charge in [0, 0.05) is 10.9 Å². The molecule has 4 nitrogen and oxygen atoms in total. The van der Waals surface area contributed by atoms with E-state index in [1.165, 1.54) is 3.97 Å². The second kappa shape index (κ2) is 6.59. The van der Waals surface area contributed by atoms with Crippen molar-refractivity contribution in [3.63, 3.8) is 0 Å². The molecule has 0 aliphatic heterocycles. The van der Waals surface area contributed by atoms with E-state index in [1.54, 1.807) is 31.4 Å². The van der Waals surface area contributed by atoms with E-state index in [9.17, 15) is 8.42 Å². The predicted octanol–water partition coefficient (Wildman–Crippen LogP) is 4.86. The van der Waals surface area contributed by atoms with E-state index in [1.807, 2.05) is 61.5 Å². The number of hydrogen-bond donors (Lipinski definition) is 0. The molecule has 0 saturated heterocycles. The molecule has 0 saturated carbocycles. The van der Waals surface area contributed by atoms with Crippen LogP contribution in [0.25, 0.3) is 22.2 Å². The lowest BCUT2D eigenvalue weighted by atomic mass is 10.1. The molecule has 0 unspecified atom stereocenters. The van der Waals surface area contributed by atoms with Gasteiger partial charge in [0.1, 0.15) is 5.75 Å². The Kier molecular flexibility index (Phi) is 4.24. The SMILES string of the molecule is COc1ccccc1-c1cc2ccccc2n1S(=O)(=O)c1ccc(C)cc1. The molecule has 0 N–H and O–H groups in total. The molecule has 1 heterocycles. The highest BCUT2D eigenvalue weighted by atomic mass is 32.2. The third kappa shape index (κ3) is 2.90. The Morgan fingerprint density at radius 1 is 0.852 bits per heavy atom. The van der Waals surface area contributed by atoms with Crippen LogP contribution in [-0.2, 0) is 10.0 Å². The Hall–Kier alpha value is -3.05. The lowest BCUT2D eigenvalue weighted by Gasteiger charge is -2.14.